The van der Waals surface area contributed by atoms with Crippen LogP contribution in [0.5, 0.6) is 0 Å². The zero-order chi connectivity index (χ0) is 33.7. The van der Waals surface area contributed by atoms with Crippen molar-refractivity contribution >= 4 is 28.9 Å². The van der Waals surface area contributed by atoms with Crippen molar-refractivity contribution in [3.63, 3.8) is 0 Å². The molecule has 248 valence electrons. The van der Waals surface area contributed by atoms with E-state index in [1.165, 1.54) is 35.2 Å². The molecule has 2 aliphatic heterocycles. The summed E-state index contributed by atoms with van der Waals surface area (Å²) in [5, 5.41) is 7.01. The molecule has 2 heterocycles. The average molecular weight is 653 g/mol. The van der Waals surface area contributed by atoms with Gasteiger partial charge >= 0.3 is 0 Å². The summed E-state index contributed by atoms with van der Waals surface area (Å²) in [6.45, 7) is 19.5. The van der Waals surface area contributed by atoms with Gasteiger partial charge in [0.2, 0.25) is 0 Å². The van der Waals surface area contributed by atoms with Crippen molar-refractivity contribution in [1.82, 2.24) is 20.4 Å². The molecule has 2 N–H and O–H groups in total. The molecule has 1 saturated carbocycles. The van der Waals surface area contributed by atoms with Crippen molar-refractivity contribution in [3.8, 4) is 0 Å². The molecule has 0 bridgehead atoms. The van der Waals surface area contributed by atoms with E-state index < -0.39 is 0 Å². The third-order valence-electron chi connectivity index (χ3n) is 8.97. The van der Waals surface area contributed by atoms with Crippen LogP contribution in [0.4, 0.5) is 5.69 Å². The maximum Gasteiger partial charge on any atom is 0.273 e. The third-order valence-corrected chi connectivity index (χ3v) is 9.31. The molecule has 47 heavy (non-hydrogen) atoms. The number of allylic oxidation sites excluding steroid dienone is 4. The Morgan fingerprint density at radius 3 is 2.49 bits per heavy atom. The maximum absolute atomic E-state index is 13.3. The summed E-state index contributed by atoms with van der Waals surface area (Å²) in [6.07, 6.45) is 6.97. The number of nitrogens with zero attached hydrogens (tertiary/aromatic N) is 4. The number of hydrogen-bond acceptors (Lipinski definition) is 6. The van der Waals surface area contributed by atoms with E-state index in [2.05, 4.69) is 114 Å². The van der Waals surface area contributed by atoms with Gasteiger partial charge in [0.25, 0.3) is 5.91 Å². The summed E-state index contributed by atoms with van der Waals surface area (Å²) in [7, 11) is 4.13. The molecule has 0 atom stereocenters. The Balaban J connectivity index is 1.31. The Hall–Kier alpha value is -4.07. The summed E-state index contributed by atoms with van der Waals surface area (Å²) in [4.78, 5) is 24.9. The van der Waals surface area contributed by atoms with Crippen molar-refractivity contribution in [1.29, 1.82) is 0 Å². The van der Waals surface area contributed by atoms with Gasteiger partial charge in [0.15, 0.2) is 0 Å². The van der Waals surface area contributed by atoms with Crippen LogP contribution in [0.1, 0.15) is 48.4 Å². The van der Waals surface area contributed by atoms with E-state index in [-0.39, 0.29) is 5.91 Å². The van der Waals surface area contributed by atoms with Crippen molar-refractivity contribution in [2.45, 2.75) is 53.1 Å². The summed E-state index contributed by atoms with van der Waals surface area (Å²) in [5.41, 5.74) is 10.7. The molecule has 1 amide bonds. The number of benzene rings is 2. The lowest BCUT2D eigenvalue weighted by Gasteiger charge is -2.39. The van der Waals surface area contributed by atoms with E-state index in [9.17, 15) is 4.79 Å². The lowest BCUT2D eigenvalue weighted by atomic mass is 10.1. The largest absolute Gasteiger partial charge is 0.381 e. The molecule has 8 heteroatoms. The van der Waals surface area contributed by atoms with Crippen LogP contribution >= 0.6 is 11.6 Å². The van der Waals surface area contributed by atoms with Gasteiger partial charge in [-0.1, -0.05) is 61.2 Å². The Morgan fingerprint density at radius 1 is 1.06 bits per heavy atom. The SMILES string of the molecule is C=C(NCc1cccc(CN(C)C)c1)C(=C)/C(Cl)=C\C(=C(/C)NC(=O)C1=CCC(C2CC2)=N1)N1CCN(c2cc(C)ccc2C)CC1. The topological polar surface area (TPSA) is 63.2 Å². The van der Waals surface area contributed by atoms with Crippen LogP contribution in [0.3, 0.4) is 0 Å². The first-order valence-electron chi connectivity index (χ1n) is 16.6. The molecule has 7 nitrogen and oxygen atoms in total. The number of amides is 1. The van der Waals surface area contributed by atoms with E-state index in [0.29, 0.717) is 34.5 Å². The number of nitrogens with one attached hydrogen (secondary N) is 2. The minimum absolute atomic E-state index is 0.185. The number of anilines is 1. The van der Waals surface area contributed by atoms with Crippen molar-refractivity contribution < 1.29 is 4.79 Å². The van der Waals surface area contributed by atoms with E-state index in [0.717, 1.165) is 61.8 Å². The normalized spacial score (nSPS) is 17.3. The molecule has 1 aliphatic carbocycles. The van der Waals surface area contributed by atoms with Gasteiger partial charge in [0.05, 0.1) is 10.7 Å². The van der Waals surface area contributed by atoms with E-state index >= 15 is 0 Å². The molecular formula is C39H49ClN6O. The number of carbonyl (C=O) groups excluding carboxylic acids is 1. The van der Waals surface area contributed by atoms with E-state index in [4.69, 9.17) is 11.6 Å². The van der Waals surface area contributed by atoms with Gasteiger partial charge < -0.3 is 25.3 Å². The first-order chi connectivity index (χ1) is 22.5. The fourth-order valence-corrected chi connectivity index (χ4v) is 6.34. The molecule has 3 aliphatic rings. The number of halogens is 1. The monoisotopic (exact) mass is 652 g/mol. The molecule has 0 unspecified atom stereocenters. The maximum atomic E-state index is 13.3. The first-order valence-corrected chi connectivity index (χ1v) is 17.0. The molecule has 1 saturated heterocycles. The van der Waals surface area contributed by atoms with Crippen LogP contribution in [0.15, 0.2) is 106 Å². The van der Waals surface area contributed by atoms with Crippen LogP contribution < -0.4 is 15.5 Å². The smallest absolute Gasteiger partial charge is 0.273 e. The summed E-state index contributed by atoms with van der Waals surface area (Å²) >= 11 is 6.97. The predicted molar refractivity (Wildman–Crippen MR) is 196 cm³/mol. The minimum atomic E-state index is -0.185. The second-order valence-electron chi connectivity index (χ2n) is 13.3. The average Bonchev–Trinajstić information content (AvgIpc) is 3.78. The lowest BCUT2D eigenvalue weighted by molar-refractivity contribution is -0.116. The summed E-state index contributed by atoms with van der Waals surface area (Å²) in [5.74, 6) is 0.365. The number of rotatable bonds is 13. The molecule has 5 rings (SSSR count). The zero-order valence-electron chi connectivity index (χ0n) is 28.6. The number of aryl methyl sites for hydroxylation is 2. The Kier molecular flexibility index (Phi) is 11.1. The molecule has 0 aromatic heterocycles. The van der Waals surface area contributed by atoms with E-state index in [1.54, 1.807) is 0 Å². The van der Waals surface area contributed by atoms with Crippen molar-refractivity contribution in [2.24, 2.45) is 10.9 Å². The summed E-state index contributed by atoms with van der Waals surface area (Å²) < 4.78 is 0. The number of carbonyl (C=O) groups is 1. The third kappa shape index (κ3) is 9.05. The Morgan fingerprint density at radius 2 is 1.79 bits per heavy atom. The van der Waals surface area contributed by atoms with Gasteiger partial charge in [-0.05, 0) is 94.1 Å². The zero-order valence-corrected chi connectivity index (χ0v) is 29.4. The molecule has 0 spiro atoms. The molecule has 2 aromatic carbocycles. The first kappa shape index (κ1) is 34.3. The van der Waals surface area contributed by atoms with Crippen LogP contribution in [0.2, 0.25) is 0 Å². The Bertz CT molecular complexity index is 1650. The molecule has 0 radical (unpaired) electrons. The minimum Gasteiger partial charge on any atom is -0.381 e. The fraction of sp³-hybridized carbons (Fsp3) is 0.385. The van der Waals surface area contributed by atoms with E-state index in [1.807, 2.05) is 19.1 Å². The van der Waals surface area contributed by atoms with Gasteiger partial charge in [-0.2, -0.15) is 0 Å². The number of hydrogen-bond donors (Lipinski definition) is 2. The quantitative estimate of drug-likeness (QED) is 0.229. The highest BCUT2D eigenvalue weighted by atomic mass is 35.5. The number of aliphatic imine (C=N–C) groups is 1. The highest BCUT2D eigenvalue weighted by Gasteiger charge is 2.30. The predicted octanol–water partition coefficient (Wildman–Crippen LogP) is 6.96. The lowest BCUT2D eigenvalue weighted by Crippen LogP contribution is -2.46. The van der Waals surface area contributed by atoms with Crippen molar-refractivity contribution in [2.75, 3.05) is 45.2 Å². The highest BCUT2D eigenvalue weighted by Crippen LogP contribution is 2.35. The van der Waals surface area contributed by atoms with Gasteiger partial charge in [-0.3, -0.25) is 9.79 Å². The molecule has 2 aromatic rings. The second kappa shape index (κ2) is 15.2. The van der Waals surface area contributed by atoms with Crippen LogP contribution in [0, 0.1) is 19.8 Å². The Labute approximate surface area is 286 Å². The van der Waals surface area contributed by atoms with Gasteiger partial charge in [0, 0.05) is 74.1 Å². The van der Waals surface area contributed by atoms with Crippen molar-refractivity contribution in [3.05, 3.63) is 123 Å². The van der Waals surface area contributed by atoms with Gasteiger partial charge in [-0.25, -0.2) is 0 Å². The van der Waals surface area contributed by atoms with Crippen LogP contribution in [-0.2, 0) is 17.9 Å². The van der Waals surface area contributed by atoms with Crippen LogP contribution in [0.25, 0.3) is 0 Å². The van der Waals surface area contributed by atoms with Gasteiger partial charge in [0.1, 0.15) is 5.70 Å². The molecule has 2 fully saturated rings. The summed E-state index contributed by atoms with van der Waals surface area (Å²) in [6, 6.07) is 15.1. The standard InChI is InChI=1S/C39H49ClN6O/c1-26-11-12-27(2)37(21-26)45-17-19-46(20-18-45)38(30(5)42-39(47)36-16-15-35(43-36)33-13-14-33)23-34(40)28(3)29(4)41-24-31-9-8-10-32(22-31)25-44(6)7/h8-12,16,21-23,33,41H,3-4,13-15,17-20,24-25H2,1-2,5-7H3,(H,42,47)/b34-23+,38-30-. The second-order valence-corrected chi connectivity index (χ2v) is 13.7. The van der Waals surface area contributed by atoms with Gasteiger partial charge in [-0.15, -0.1) is 0 Å². The fourth-order valence-electron chi connectivity index (χ4n) is 6.12. The number of piperazine rings is 1. The highest BCUT2D eigenvalue weighted by molar-refractivity contribution is 6.32. The van der Waals surface area contributed by atoms with Crippen LogP contribution in [-0.4, -0.2) is 61.7 Å². The molecular weight excluding hydrogens is 604 g/mol.